The smallest absolute Gasteiger partial charge is 0.162 e. The van der Waals surface area contributed by atoms with E-state index in [0.717, 1.165) is 47.3 Å². The quantitative estimate of drug-likeness (QED) is 0.539. The van der Waals surface area contributed by atoms with Crippen molar-refractivity contribution in [3.05, 3.63) is 83.6 Å². The van der Waals surface area contributed by atoms with Gasteiger partial charge in [-0.3, -0.25) is 0 Å². The summed E-state index contributed by atoms with van der Waals surface area (Å²) in [7, 11) is 0. The van der Waals surface area contributed by atoms with Crippen molar-refractivity contribution in [2.75, 3.05) is 0 Å². The number of fused-ring (bicyclic) bond motifs is 1. The van der Waals surface area contributed by atoms with Crippen LogP contribution in [0.25, 0.3) is 16.8 Å². The first kappa shape index (κ1) is 16.9. The van der Waals surface area contributed by atoms with Crippen molar-refractivity contribution in [2.24, 2.45) is 0 Å². The van der Waals surface area contributed by atoms with Gasteiger partial charge in [-0.05, 0) is 29.2 Å². The zero-order valence-electron chi connectivity index (χ0n) is 15.1. The maximum Gasteiger partial charge on any atom is 0.162 e. The van der Waals surface area contributed by atoms with Gasteiger partial charge < -0.3 is 0 Å². The van der Waals surface area contributed by atoms with Gasteiger partial charge in [-0.1, -0.05) is 55.8 Å². The fraction of sp³-hybridized carbons (Fsp3) is 0.182. The van der Waals surface area contributed by atoms with Gasteiger partial charge in [0.15, 0.2) is 5.65 Å². The molecule has 0 atom stereocenters. The van der Waals surface area contributed by atoms with Crippen molar-refractivity contribution in [3.8, 4) is 17.2 Å². The summed E-state index contributed by atoms with van der Waals surface area (Å²) in [6, 6.07) is 18.3. The minimum Gasteiger partial charge on any atom is -0.241 e. The third-order valence-corrected chi connectivity index (χ3v) is 4.69. The molecule has 0 spiro atoms. The minimum atomic E-state index is 0.688. The molecule has 0 saturated heterocycles. The molecule has 5 nitrogen and oxygen atoms in total. The minimum absolute atomic E-state index is 0.688. The second-order valence-corrected chi connectivity index (χ2v) is 6.48. The van der Waals surface area contributed by atoms with E-state index in [-0.39, 0.29) is 0 Å². The molecule has 0 N–H and O–H groups in total. The van der Waals surface area contributed by atoms with Gasteiger partial charge >= 0.3 is 0 Å². The number of nitrogens with zero attached hydrogens (tertiary/aromatic N) is 5. The zero-order valence-corrected chi connectivity index (χ0v) is 15.1. The third-order valence-electron chi connectivity index (χ3n) is 4.69. The molecule has 2 aromatic carbocycles. The van der Waals surface area contributed by atoms with Crippen molar-refractivity contribution in [3.63, 3.8) is 0 Å². The average Bonchev–Trinajstić information content (AvgIpc) is 3.19. The van der Waals surface area contributed by atoms with Gasteiger partial charge in [0.1, 0.15) is 12.7 Å². The van der Waals surface area contributed by atoms with Crippen LogP contribution in [0.15, 0.2) is 61.2 Å². The summed E-state index contributed by atoms with van der Waals surface area (Å²) < 4.78 is 1.73. The Labute approximate surface area is 158 Å². The molecule has 4 rings (SSSR count). The second kappa shape index (κ2) is 7.38. The number of hydrogen-bond donors (Lipinski definition) is 0. The molecule has 132 valence electrons. The number of benzene rings is 2. The largest absolute Gasteiger partial charge is 0.241 e. The van der Waals surface area contributed by atoms with Crippen LogP contribution in [0.5, 0.6) is 0 Å². The van der Waals surface area contributed by atoms with Crippen LogP contribution in [0, 0.1) is 11.3 Å². The maximum absolute atomic E-state index is 9.32. The highest BCUT2D eigenvalue weighted by Crippen LogP contribution is 2.25. The van der Waals surface area contributed by atoms with Gasteiger partial charge in [-0.2, -0.15) is 10.4 Å². The fourth-order valence-electron chi connectivity index (χ4n) is 3.35. The van der Waals surface area contributed by atoms with E-state index in [4.69, 9.17) is 0 Å². The van der Waals surface area contributed by atoms with Crippen molar-refractivity contribution < 1.29 is 0 Å². The van der Waals surface area contributed by atoms with E-state index in [1.807, 2.05) is 24.3 Å². The van der Waals surface area contributed by atoms with Gasteiger partial charge in [-0.15, -0.1) is 0 Å². The molecule has 0 bridgehead atoms. The Morgan fingerprint density at radius 3 is 2.63 bits per heavy atom. The lowest BCUT2D eigenvalue weighted by Gasteiger charge is -2.10. The molecule has 5 heteroatoms. The van der Waals surface area contributed by atoms with Crippen molar-refractivity contribution in [1.29, 1.82) is 5.26 Å². The summed E-state index contributed by atoms with van der Waals surface area (Å²) in [6.07, 6.45) is 6.02. The topological polar surface area (TPSA) is 66.9 Å². The highest BCUT2D eigenvalue weighted by atomic mass is 15.3. The number of aromatic nitrogens is 4. The lowest BCUT2D eigenvalue weighted by Crippen LogP contribution is -2.04. The first-order chi connectivity index (χ1) is 13.3. The van der Waals surface area contributed by atoms with E-state index in [2.05, 4.69) is 52.3 Å². The SMILES string of the molecule is CCCc1ncn2ncnc2c1Cc1ccc(-c2ccccc2C#N)cc1. The fourth-order valence-corrected chi connectivity index (χ4v) is 3.35. The highest BCUT2D eigenvalue weighted by Gasteiger charge is 2.12. The molecule has 0 radical (unpaired) electrons. The molecule has 2 heterocycles. The van der Waals surface area contributed by atoms with Crippen LogP contribution >= 0.6 is 0 Å². The molecule has 0 amide bonds. The van der Waals surface area contributed by atoms with Crippen LogP contribution in [0.3, 0.4) is 0 Å². The molecular formula is C22H19N5. The normalized spacial score (nSPS) is 10.8. The Morgan fingerprint density at radius 1 is 1.04 bits per heavy atom. The first-order valence-electron chi connectivity index (χ1n) is 9.04. The van der Waals surface area contributed by atoms with E-state index in [9.17, 15) is 5.26 Å². The summed E-state index contributed by atoms with van der Waals surface area (Å²) in [4.78, 5) is 9.00. The Balaban J connectivity index is 1.68. The second-order valence-electron chi connectivity index (χ2n) is 6.48. The van der Waals surface area contributed by atoms with Gasteiger partial charge in [0.05, 0.1) is 11.6 Å². The van der Waals surface area contributed by atoms with E-state index in [1.54, 1.807) is 17.2 Å². The van der Waals surface area contributed by atoms with Crippen LogP contribution in [-0.2, 0) is 12.8 Å². The van der Waals surface area contributed by atoms with Crippen LogP contribution < -0.4 is 0 Å². The molecule has 0 unspecified atom stereocenters. The predicted octanol–water partition coefficient (Wildman–Crippen LogP) is 4.21. The predicted molar refractivity (Wildman–Crippen MR) is 104 cm³/mol. The summed E-state index contributed by atoms with van der Waals surface area (Å²) in [5, 5.41) is 13.5. The number of rotatable bonds is 5. The summed E-state index contributed by atoms with van der Waals surface area (Å²) in [5.74, 6) is 0. The van der Waals surface area contributed by atoms with Gasteiger partial charge in [-0.25, -0.2) is 14.5 Å². The van der Waals surface area contributed by atoms with E-state index >= 15 is 0 Å². The van der Waals surface area contributed by atoms with Crippen molar-refractivity contribution in [1.82, 2.24) is 19.6 Å². The van der Waals surface area contributed by atoms with Crippen LogP contribution in [0.1, 0.15) is 35.7 Å². The molecule has 2 aromatic heterocycles. The number of hydrogen-bond acceptors (Lipinski definition) is 4. The Kier molecular flexibility index (Phi) is 4.63. The van der Waals surface area contributed by atoms with Gasteiger partial charge in [0, 0.05) is 17.7 Å². The molecule has 0 aliphatic heterocycles. The molecule has 0 aliphatic carbocycles. The molecule has 4 aromatic rings. The third kappa shape index (κ3) is 3.30. The standard InChI is InChI=1S/C22H19N5/c1-2-5-21-20(22-24-14-26-27(22)15-25-21)12-16-8-10-17(11-9-16)19-7-4-3-6-18(19)13-23/h3-4,6-11,14-15H,2,5,12H2,1H3. The average molecular weight is 353 g/mol. The molecule has 0 saturated carbocycles. The lowest BCUT2D eigenvalue weighted by molar-refractivity contribution is 0.823. The van der Waals surface area contributed by atoms with E-state index in [0.29, 0.717) is 5.56 Å². The van der Waals surface area contributed by atoms with E-state index < -0.39 is 0 Å². The molecular weight excluding hydrogens is 334 g/mol. The number of aryl methyl sites for hydroxylation is 1. The first-order valence-corrected chi connectivity index (χ1v) is 9.04. The zero-order chi connectivity index (χ0) is 18.6. The van der Waals surface area contributed by atoms with Crippen LogP contribution in [0.4, 0.5) is 0 Å². The highest BCUT2D eigenvalue weighted by molar-refractivity contribution is 5.70. The van der Waals surface area contributed by atoms with Crippen molar-refractivity contribution in [2.45, 2.75) is 26.2 Å². The Morgan fingerprint density at radius 2 is 1.85 bits per heavy atom. The molecule has 27 heavy (non-hydrogen) atoms. The molecule has 0 fully saturated rings. The Hall–Kier alpha value is -3.52. The van der Waals surface area contributed by atoms with E-state index in [1.165, 1.54) is 5.56 Å². The monoisotopic (exact) mass is 353 g/mol. The number of nitriles is 1. The summed E-state index contributed by atoms with van der Waals surface area (Å²) in [6.45, 7) is 2.15. The van der Waals surface area contributed by atoms with Crippen molar-refractivity contribution >= 4 is 5.65 Å². The maximum atomic E-state index is 9.32. The Bertz CT molecular complexity index is 1120. The van der Waals surface area contributed by atoms with Crippen LogP contribution in [0.2, 0.25) is 0 Å². The van der Waals surface area contributed by atoms with Gasteiger partial charge in [0.25, 0.3) is 0 Å². The van der Waals surface area contributed by atoms with Gasteiger partial charge in [0.2, 0.25) is 0 Å². The summed E-state index contributed by atoms with van der Waals surface area (Å²) >= 11 is 0. The summed E-state index contributed by atoms with van der Waals surface area (Å²) in [5.41, 5.74) is 6.95. The molecule has 0 aliphatic rings. The lowest BCUT2D eigenvalue weighted by atomic mass is 9.97. The van der Waals surface area contributed by atoms with Crippen LogP contribution in [-0.4, -0.2) is 19.6 Å².